The lowest BCUT2D eigenvalue weighted by Gasteiger charge is -2.32. The molecule has 0 aliphatic carbocycles. The molecule has 0 saturated carbocycles. The zero-order chi connectivity index (χ0) is 17.4. The van der Waals surface area contributed by atoms with Crippen LogP contribution >= 0.6 is 0 Å². The van der Waals surface area contributed by atoms with E-state index in [0.29, 0.717) is 6.54 Å². The maximum absolute atomic E-state index is 14.5. The van der Waals surface area contributed by atoms with Gasteiger partial charge in [0, 0.05) is 12.4 Å². The van der Waals surface area contributed by atoms with Crippen molar-refractivity contribution in [2.45, 2.75) is 45.4 Å². The minimum atomic E-state index is -0.959. The van der Waals surface area contributed by atoms with Crippen LogP contribution in [0.2, 0.25) is 0 Å². The van der Waals surface area contributed by atoms with Crippen molar-refractivity contribution in [2.24, 2.45) is 0 Å². The van der Waals surface area contributed by atoms with Gasteiger partial charge in [-0.2, -0.15) is 5.10 Å². The highest BCUT2D eigenvalue weighted by atomic mass is 19.1. The Kier molecular flexibility index (Phi) is 4.36. The average Bonchev–Trinajstić information content (AvgIpc) is 3.07. The summed E-state index contributed by atoms with van der Waals surface area (Å²) in [7, 11) is -0.959. The molecule has 1 fully saturated rings. The van der Waals surface area contributed by atoms with Gasteiger partial charge < -0.3 is 9.31 Å². The van der Waals surface area contributed by atoms with Crippen molar-refractivity contribution in [1.82, 2.24) is 9.78 Å². The summed E-state index contributed by atoms with van der Waals surface area (Å²) in [5.41, 5.74) is 0.360. The van der Waals surface area contributed by atoms with Crippen molar-refractivity contribution in [3.05, 3.63) is 59.6 Å². The molecule has 1 aromatic heterocycles. The van der Waals surface area contributed by atoms with Gasteiger partial charge in [-0.15, -0.1) is 0 Å². The number of benzene rings is 1. The SMILES string of the molecule is CC1(C)OB(C(F)=Cc2ccc(Cn3cccn3)cc2)OC1(C)C. The number of hydrogen-bond acceptors (Lipinski definition) is 3. The molecular formula is C18H22BFN2O2. The van der Waals surface area contributed by atoms with Gasteiger partial charge in [0.1, 0.15) is 5.73 Å². The molecule has 2 heterocycles. The van der Waals surface area contributed by atoms with Crippen LogP contribution in [-0.2, 0) is 15.9 Å². The molecule has 1 aliphatic rings. The summed E-state index contributed by atoms with van der Waals surface area (Å²) in [4.78, 5) is 0. The summed E-state index contributed by atoms with van der Waals surface area (Å²) in [6, 6.07) is 9.57. The Morgan fingerprint density at radius 3 is 2.33 bits per heavy atom. The monoisotopic (exact) mass is 328 g/mol. The molecule has 0 radical (unpaired) electrons. The molecule has 6 heteroatoms. The maximum atomic E-state index is 14.5. The van der Waals surface area contributed by atoms with Crippen molar-refractivity contribution in [3.63, 3.8) is 0 Å². The number of aromatic nitrogens is 2. The Hall–Kier alpha value is -1.92. The normalized spacial score (nSPS) is 19.7. The van der Waals surface area contributed by atoms with Crippen LogP contribution in [0.4, 0.5) is 4.39 Å². The van der Waals surface area contributed by atoms with Crippen molar-refractivity contribution in [2.75, 3.05) is 0 Å². The topological polar surface area (TPSA) is 36.3 Å². The molecule has 2 aromatic rings. The molecule has 1 saturated heterocycles. The van der Waals surface area contributed by atoms with E-state index in [1.165, 1.54) is 6.08 Å². The van der Waals surface area contributed by atoms with Gasteiger partial charge in [0.05, 0.1) is 17.7 Å². The first-order valence-electron chi connectivity index (χ1n) is 8.06. The average molecular weight is 328 g/mol. The van der Waals surface area contributed by atoms with E-state index >= 15 is 0 Å². The van der Waals surface area contributed by atoms with E-state index in [2.05, 4.69) is 5.10 Å². The fraction of sp³-hybridized carbons (Fsp3) is 0.389. The third-order valence-corrected chi connectivity index (χ3v) is 4.67. The molecule has 126 valence electrons. The standard InChI is InChI=1S/C18H22BFN2O2/c1-17(2)18(3,4)24-19(23-17)16(20)12-14-6-8-15(9-7-14)13-22-11-5-10-21-22/h5-12H,13H2,1-4H3. The van der Waals surface area contributed by atoms with Gasteiger partial charge in [0.25, 0.3) is 0 Å². The Labute approximate surface area is 142 Å². The molecule has 0 amide bonds. The van der Waals surface area contributed by atoms with Crippen LogP contribution in [0.15, 0.2) is 48.5 Å². The van der Waals surface area contributed by atoms with E-state index in [1.54, 1.807) is 6.20 Å². The second kappa shape index (κ2) is 6.18. The summed E-state index contributed by atoms with van der Waals surface area (Å²) >= 11 is 0. The van der Waals surface area contributed by atoms with Gasteiger partial charge in [-0.25, -0.2) is 4.39 Å². The zero-order valence-corrected chi connectivity index (χ0v) is 14.5. The Morgan fingerprint density at radius 1 is 1.17 bits per heavy atom. The minimum absolute atomic E-state index is 0.423. The molecule has 0 N–H and O–H groups in total. The summed E-state index contributed by atoms with van der Waals surface area (Å²) in [5.74, 6) is 0. The van der Waals surface area contributed by atoms with Gasteiger partial charge in [0.2, 0.25) is 0 Å². The van der Waals surface area contributed by atoms with Gasteiger partial charge in [-0.05, 0) is 51.0 Å². The van der Waals surface area contributed by atoms with Crippen LogP contribution < -0.4 is 0 Å². The first-order valence-corrected chi connectivity index (χ1v) is 8.06. The predicted octanol–water partition coefficient (Wildman–Crippen LogP) is 3.87. The van der Waals surface area contributed by atoms with Gasteiger partial charge in [0.15, 0.2) is 0 Å². The van der Waals surface area contributed by atoms with Crippen LogP contribution in [0, 0.1) is 0 Å². The van der Waals surface area contributed by atoms with Crippen molar-refractivity contribution >= 4 is 13.2 Å². The van der Waals surface area contributed by atoms with Crippen molar-refractivity contribution < 1.29 is 13.7 Å². The van der Waals surface area contributed by atoms with Crippen LogP contribution in [0.1, 0.15) is 38.8 Å². The number of halogens is 1. The lowest BCUT2D eigenvalue weighted by Crippen LogP contribution is -2.41. The van der Waals surface area contributed by atoms with Crippen LogP contribution in [-0.4, -0.2) is 28.1 Å². The lowest BCUT2D eigenvalue weighted by molar-refractivity contribution is 0.00578. The van der Waals surface area contributed by atoms with Crippen LogP contribution in [0.5, 0.6) is 0 Å². The van der Waals surface area contributed by atoms with Gasteiger partial charge in [-0.1, -0.05) is 24.3 Å². The molecule has 0 unspecified atom stereocenters. The molecule has 0 spiro atoms. The predicted molar refractivity (Wildman–Crippen MR) is 92.9 cm³/mol. The largest absolute Gasteiger partial charge is 0.525 e. The number of hydrogen-bond donors (Lipinski definition) is 0. The summed E-state index contributed by atoms with van der Waals surface area (Å²) in [6.45, 7) is 8.32. The minimum Gasteiger partial charge on any atom is -0.398 e. The second-order valence-corrected chi connectivity index (χ2v) is 7.06. The molecule has 0 atom stereocenters. The smallest absolute Gasteiger partial charge is 0.398 e. The third kappa shape index (κ3) is 3.44. The third-order valence-electron chi connectivity index (χ3n) is 4.67. The Bertz CT molecular complexity index is 708. The molecule has 4 nitrogen and oxygen atoms in total. The molecule has 24 heavy (non-hydrogen) atoms. The van der Waals surface area contributed by atoms with Crippen LogP contribution in [0.3, 0.4) is 0 Å². The summed E-state index contributed by atoms with van der Waals surface area (Å²) < 4.78 is 27.8. The van der Waals surface area contributed by atoms with Gasteiger partial charge >= 0.3 is 7.12 Å². The molecule has 1 aromatic carbocycles. The number of nitrogens with zero attached hydrogens (tertiary/aromatic N) is 2. The second-order valence-electron chi connectivity index (χ2n) is 7.06. The quantitative estimate of drug-likeness (QED) is 0.800. The van der Waals surface area contributed by atoms with E-state index in [1.807, 2.05) is 68.9 Å². The highest BCUT2D eigenvalue weighted by Gasteiger charge is 2.53. The molecular weight excluding hydrogens is 306 g/mol. The van der Waals surface area contributed by atoms with Crippen LogP contribution in [0.25, 0.3) is 6.08 Å². The Balaban J connectivity index is 1.70. The van der Waals surface area contributed by atoms with Crippen molar-refractivity contribution in [3.8, 4) is 0 Å². The van der Waals surface area contributed by atoms with E-state index in [9.17, 15) is 4.39 Å². The zero-order valence-electron chi connectivity index (χ0n) is 14.5. The highest BCUT2D eigenvalue weighted by Crippen LogP contribution is 2.39. The molecule has 1 aliphatic heterocycles. The van der Waals surface area contributed by atoms with E-state index in [4.69, 9.17) is 9.31 Å². The summed E-state index contributed by atoms with van der Waals surface area (Å²) in [6.07, 6.45) is 5.11. The first-order chi connectivity index (χ1) is 11.3. The van der Waals surface area contributed by atoms with Gasteiger partial charge in [-0.3, -0.25) is 4.68 Å². The van der Waals surface area contributed by atoms with E-state index < -0.39 is 24.0 Å². The number of rotatable bonds is 4. The van der Waals surface area contributed by atoms with E-state index in [-0.39, 0.29) is 0 Å². The highest BCUT2D eigenvalue weighted by molar-refractivity contribution is 6.54. The molecule has 3 rings (SSSR count). The fourth-order valence-corrected chi connectivity index (χ4v) is 2.48. The van der Waals surface area contributed by atoms with Crippen molar-refractivity contribution in [1.29, 1.82) is 0 Å². The maximum Gasteiger partial charge on any atom is 0.525 e. The summed E-state index contributed by atoms with van der Waals surface area (Å²) in [5, 5.41) is 4.17. The first kappa shape index (κ1) is 16.9. The fourth-order valence-electron chi connectivity index (χ4n) is 2.48. The Morgan fingerprint density at radius 2 is 1.79 bits per heavy atom. The molecule has 0 bridgehead atoms. The lowest BCUT2D eigenvalue weighted by atomic mass is 9.87. The van der Waals surface area contributed by atoms with E-state index in [0.717, 1.165) is 11.1 Å².